The molecule has 0 radical (unpaired) electrons. The normalized spacial score (nSPS) is 15.6. The Morgan fingerprint density at radius 1 is 0.919 bits per heavy atom. The van der Waals surface area contributed by atoms with E-state index in [9.17, 15) is 4.79 Å². The van der Waals surface area contributed by atoms with Gasteiger partial charge in [-0.2, -0.15) is 0 Å². The summed E-state index contributed by atoms with van der Waals surface area (Å²) in [7, 11) is 1.65. The molecule has 0 aromatic heterocycles. The van der Waals surface area contributed by atoms with Crippen molar-refractivity contribution in [2.24, 2.45) is 0 Å². The van der Waals surface area contributed by atoms with E-state index in [1.165, 1.54) is 0 Å². The summed E-state index contributed by atoms with van der Waals surface area (Å²) in [5, 5.41) is 14.8. The van der Waals surface area contributed by atoms with Gasteiger partial charge in [-0.1, -0.05) is 72.8 Å². The Balaban J connectivity index is 0.000000568. The third-order valence-corrected chi connectivity index (χ3v) is 6.16. The predicted molar refractivity (Wildman–Crippen MR) is 137 cm³/mol. The van der Waals surface area contributed by atoms with Crippen LogP contribution in [0.25, 0.3) is 0 Å². The number of carboxylic acids is 2. The monoisotopic (exact) mass is 505 g/mol. The number of benzene rings is 3. The van der Waals surface area contributed by atoms with Gasteiger partial charge in [0.2, 0.25) is 5.91 Å². The van der Waals surface area contributed by atoms with Gasteiger partial charge in [0.15, 0.2) is 0 Å². The first kappa shape index (κ1) is 27.4. The van der Waals surface area contributed by atoms with E-state index in [1.54, 1.807) is 7.11 Å². The largest absolute Gasteiger partial charge is 0.497 e. The number of aliphatic carboxylic acids is 2. The Labute approximate surface area is 216 Å². The fourth-order valence-corrected chi connectivity index (χ4v) is 4.27. The highest BCUT2D eigenvalue weighted by atomic mass is 16.5. The minimum atomic E-state index is -1.82. The zero-order chi connectivity index (χ0) is 26.8. The van der Waals surface area contributed by atoms with Crippen LogP contribution >= 0.6 is 0 Å². The van der Waals surface area contributed by atoms with Crippen LogP contribution < -0.4 is 4.74 Å². The first-order chi connectivity index (χ1) is 17.8. The van der Waals surface area contributed by atoms with E-state index < -0.39 is 11.9 Å². The number of likely N-dealkylation sites (tertiary alicyclic amines) is 1. The second kappa shape index (κ2) is 13.2. The molecule has 3 aromatic rings. The Morgan fingerprint density at radius 2 is 1.49 bits per heavy atom. The Morgan fingerprint density at radius 3 is 2.00 bits per heavy atom. The van der Waals surface area contributed by atoms with Crippen LogP contribution in [-0.2, 0) is 19.1 Å². The van der Waals surface area contributed by atoms with Crippen molar-refractivity contribution in [2.45, 2.75) is 31.4 Å². The van der Waals surface area contributed by atoms with E-state index in [4.69, 9.17) is 29.3 Å². The molecule has 0 saturated carbocycles. The molecule has 1 aliphatic heterocycles. The molecule has 8 heteroatoms. The van der Waals surface area contributed by atoms with Gasteiger partial charge in [-0.15, -0.1) is 0 Å². The van der Waals surface area contributed by atoms with Gasteiger partial charge < -0.3 is 24.6 Å². The molecule has 1 heterocycles. The van der Waals surface area contributed by atoms with E-state index in [2.05, 4.69) is 31.2 Å². The summed E-state index contributed by atoms with van der Waals surface area (Å²) in [5.74, 6) is -2.81. The van der Waals surface area contributed by atoms with Gasteiger partial charge >= 0.3 is 11.9 Å². The van der Waals surface area contributed by atoms with E-state index in [0.29, 0.717) is 6.61 Å². The average molecular weight is 506 g/mol. The van der Waals surface area contributed by atoms with Crippen molar-refractivity contribution in [3.05, 3.63) is 102 Å². The zero-order valence-corrected chi connectivity index (χ0v) is 20.8. The maximum absolute atomic E-state index is 13.2. The van der Waals surface area contributed by atoms with Crippen molar-refractivity contribution < 1.29 is 34.1 Å². The quantitative estimate of drug-likeness (QED) is 0.437. The summed E-state index contributed by atoms with van der Waals surface area (Å²) < 4.78 is 11.7. The lowest BCUT2D eigenvalue weighted by Gasteiger charge is -2.27. The van der Waals surface area contributed by atoms with Gasteiger partial charge in [0, 0.05) is 6.54 Å². The number of hydrogen-bond donors (Lipinski definition) is 2. The van der Waals surface area contributed by atoms with Crippen molar-refractivity contribution in [1.82, 2.24) is 4.90 Å². The molecular formula is C29H31NO7. The SMILES string of the molecule is COc1cccc(C2CCN(C(C)COC(c3ccccc3)c3ccccc3)C2=O)c1.O=C(O)C(=O)O. The molecule has 2 N–H and O–H groups in total. The lowest BCUT2D eigenvalue weighted by molar-refractivity contribution is -0.159. The van der Waals surface area contributed by atoms with Gasteiger partial charge in [0.1, 0.15) is 11.9 Å². The smallest absolute Gasteiger partial charge is 0.414 e. The number of carbonyl (C=O) groups is 3. The topological polar surface area (TPSA) is 113 Å². The van der Waals surface area contributed by atoms with Gasteiger partial charge in [0.25, 0.3) is 0 Å². The minimum absolute atomic E-state index is 0.00182. The zero-order valence-electron chi connectivity index (χ0n) is 20.8. The van der Waals surface area contributed by atoms with Crippen LogP contribution in [0.5, 0.6) is 5.75 Å². The maximum Gasteiger partial charge on any atom is 0.414 e. The molecular weight excluding hydrogens is 474 g/mol. The fraction of sp³-hybridized carbons (Fsp3) is 0.276. The van der Waals surface area contributed by atoms with Crippen LogP contribution in [0, 0.1) is 0 Å². The summed E-state index contributed by atoms with van der Waals surface area (Å²) >= 11 is 0. The number of ether oxygens (including phenoxy) is 2. The van der Waals surface area contributed by atoms with E-state index in [0.717, 1.165) is 35.4 Å². The van der Waals surface area contributed by atoms with Crippen molar-refractivity contribution >= 4 is 17.8 Å². The molecule has 1 amide bonds. The molecule has 194 valence electrons. The molecule has 37 heavy (non-hydrogen) atoms. The number of methoxy groups -OCH3 is 1. The summed E-state index contributed by atoms with van der Waals surface area (Å²) in [4.78, 5) is 33.3. The van der Waals surface area contributed by atoms with Crippen LogP contribution in [0.4, 0.5) is 0 Å². The number of hydrogen-bond acceptors (Lipinski definition) is 5. The van der Waals surface area contributed by atoms with Crippen LogP contribution in [-0.4, -0.2) is 59.3 Å². The lowest BCUT2D eigenvalue weighted by Crippen LogP contribution is -2.38. The van der Waals surface area contributed by atoms with E-state index in [1.807, 2.05) is 65.6 Å². The Kier molecular flexibility index (Phi) is 9.80. The minimum Gasteiger partial charge on any atom is -0.497 e. The maximum atomic E-state index is 13.2. The van der Waals surface area contributed by atoms with Gasteiger partial charge in [-0.05, 0) is 42.2 Å². The first-order valence-electron chi connectivity index (χ1n) is 11.9. The summed E-state index contributed by atoms with van der Waals surface area (Å²) in [6.45, 7) is 3.29. The highest BCUT2D eigenvalue weighted by Gasteiger charge is 2.35. The highest BCUT2D eigenvalue weighted by molar-refractivity contribution is 6.27. The van der Waals surface area contributed by atoms with Gasteiger partial charge in [0.05, 0.1) is 25.7 Å². The molecule has 1 aliphatic rings. The molecule has 4 rings (SSSR count). The standard InChI is InChI=1S/C27H29NO3.C2H2O4/c1-20(28-17-16-25(27(28)29)23-14-9-15-24(18-23)30-2)19-31-26(21-10-5-3-6-11-21)22-12-7-4-8-13-22;3-1(4)2(5)6/h3-15,18,20,25-26H,16-17,19H2,1-2H3;(H,3,4)(H,5,6). The van der Waals surface area contributed by atoms with Crippen LogP contribution in [0.15, 0.2) is 84.9 Å². The van der Waals surface area contributed by atoms with E-state index >= 15 is 0 Å². The summed E-state index contributed by atoms with van der Waals surface area (Å²) in [6.07, 6.45) is 0.661. The lowest BCUT2D eigenvalue weighted by atomic mass is 9.97. The predicted octanol–water partition coefficient (Wildman–Crippen LogP) is 4.36. The molecule has 8 nitrogen and oxygen atoms in total. The van der Waals surface area contributed by atoms with Crippen LogP contribution in [0.3, 0.4) is 0 Å². The molecule has 1 saturated heterocycles. The highest BCUT2D eigenvalue weighted by Crippen LogP contribution is 2.32. The van der Waals surface area contributed by atoms with Crippen molar-refractivity contribution in [2.75, 3.05) is 20.3 Å². The number of carbonyl (C=O) groups excluding carboxylic acids is 1. The third kappa shape index (κ3) is 7.41. The summed E-state index contributed by atoms with van der Waals surface area (Å²) in [6, 6.07) is 28.3. The van der Waals surface area contributed by atoms with Gasteiger partial charge in [-0.3, -0.25) is 4.79 Å². The molecule has 3 aromatic carbocycles. The molecule has 0 aliphatic carbocycles. The van der Waals surface area contributed by atoms with E-state index in [-0.39, 0.29) is 24.0 Å². The average Bonchev–Trinajstić information content (AvgIpc) is 3.31. The number of nitrogens with zero attached hydrogens (tertiary/aromatic N) is 1. The third-order valence-electron chi connectivity index (χ3n) is 6.16. The van der Waals surface area contributed by atoms with Gasteiger partial charge in [-0.25, -0.2) is 9.59 Å². The van der Waals surface area contributed by atoms with Crippen molar-refractivity contribution in [3.63, 3.8) is 0 Å². The Bertz CT molecular complexity index is 1130. The molecule has 1 fully saturated rings. The Hall–Kier alpha value is -4.17. The van der Waals surface area contributed by atoms with Crippen molar-refractivity contribution in [3.8, 4) is 5.75 Å². The second-order valence-electron chi connectivity index (χ2n) is 8.64. The van der Waals surface area contributed by atoms with Crippen LogP contribution in [0.2, 0.25) is 0 Å². The number of rotatable bonds is 8. The van der Waals surface area contributed by atoms with Crippen LogP contribution in [0.1, 0.15) is 42.1 Å². The first-order valence-corrected chi connectivity index (χ1v) is 11.9. The second-order valence-corrected chi connectivity index (χ2v) is 8.64. The number of carboxylic acid groups (broad SMARTS) is 2. The molecule has 0 spiro atoms. The molecule has 0 bridgehead atoms. The fourth-order valence-electron chi connectivity index (χ4n) is 4.27. The molecule has 2 atom stereocenters. The summed E-state index contributed by atoms with van der Waals surface area (Å²) in [5.41, 5.74) is 3.25. The molecule has 2 unspecified atom stereocenters. The number of amides is 1. The van der Waals surface area contributed by atoms with Crippen molar-refractivity contribution in [1.29, 1.82) is 0 Å².